The highest BCUT2D eigenvalue weighted by Gasteiger charge is 2.16. The first kappa shape index (κ1) is 18.8. The summed E-state index contributed by atoms with van der Waals surface area (Å²) in [4.78, 5) is 32.7. The molecule has 1 aromatic carbocycles. The topological polar surface area (TPSA) is 127 Å². The number of rotatable bonds is 5. The van der Waals surface area contributed by atoms with Gasteiger partial charge in [-0.25, -0.2) is 4.98 Å². The van der Waals surface area contributed by atoms with Crippen LogP contribution in [0.5, 0.6) is 0 Å². The number of amides is 2. The highest BCUT2D eigenvalue weighted by molar-refractivity contribution is 9.10. The van der Waals surface area contributed by atoms with Crippen LogP contribution in [-0.4, -0.2) is 37.9 Å². The molecule has 27 heavy (non-hydrogen) atoms. The van der Waals surface area contributed by atoms with Crippen molar-refractivity contribution in [2.75, 3.05) is 17.6 Å². The maximum atomic E-state index is 12.3. The molecule has 3 rings (SSSR count). The Morgan fingerprint density at radius 1 is 1.19 bits per heavy atom. The highest BCUT2D eigenvalue weighted by Crippen LogP contribution is 2.20. The highest BCUT2D eigenvalue weighted by atomic mass is 79.9. The third-order valence-corrected chi connectivity index (χ3v) is 4.69. The minimum absolute atomic E-state index is 0.0721. The van der Waals surface area contributed by atoms with E-state index in [0.29, 0.717) is 17.2 Å². The second-order valence-corrected chi connectivity index (χ2v) is 6.78. The molecule has 0 saturated carbocycles. The van der Waals surface area contributed by atoms with Gasteiger partial charge in [0, 0.05) is 21.4 Å². The summed E-state index contributed by atoms with van der Waals surface area (Å²) in [6, 6.07) is 7.24. The van der Waals surface area contributed by atoms with Crippen LogP contribution in [0.1, 0.15) is 17.0 Å². The summed E-state index contributed by atoms with van der Waals surface area (Å²) in [5, 5.41) is 9.42. The Hall–Kier alpha value is -3.01. The largest absolute Gasteiger partial charge is 0.366 e. The minimum Gasteiger partial charge on any atom is -0.366 e. The van der Waals surface area contributed by atoms with Gasteiger partial charge in [-0.2, -0.15) is 9.50 Å². The van der Waals surface area contributed by atoms with Gasteiger partial charge in [0.25, 0.3) is 5.78 Å². The number of nitrogens with one attached hydrogen (secondary N) is 2. The maximum absolute atomic E-state index is 12.3. The Morgan fingerprint density at radius 2 is 1.93 bits per heavy atom. The number of carbonyl (C=O) groups is 2. The van der Waals surface area contributed by atoms with E-state index >= 15 is 0 Å². The summed E-state index contributed by atoms with van der Waals surface area (Å²) in [5.74, 6) is -0.103. The first-order valence-corrected chi connectivity index (χ1v) is 8.94. The first-order chi connectivity index (χ1) is 12.8. The van der Waals surface area contributed by atoms with E-state index in [1.54, 1.807) is 13.0 Å². The van der Waals surface area contributed by atoms with Crippen LogP contribution in [0, 0.1) is 13.8 Å². The van der Waals surface area contributed by atoms with Gasteiger partial charge in [-0.3, -0.25) is 9.59 Å². The lowest BCUT2D eigenvalue weighted by Gasteiger charge is -2.11. The summed E-state index contributed by atoms with van der Waals surface area (Å²) >= 11 is 3.36. The van der Waals surface area contributed by atoms with E-state index in [-0.39, 0.29) is 30.7 Å². The van der Waals surface area contributed by atoms with Crippen molar-refractivity contribution < 1.29 is 9.59 Å². The van der Waals surface area contributed by atoms with Crippen molar-refractivity contribution in [3.05, 3.63) is 45.7 Å². The number of para-hydroxylation sites is 1. The van der Waals surface area contributed by atoms with E-state index < -0.39 is 0 Å². The summed E-state index contributed by atoms with van der Waals surface area (Å²) in [6.45, 7) is 3.47. The van der Waals surface area contributed by atoms with Crippen molar-refractivity contribution in [2.24, 2.45) is 0 Å². The molecule has 2 heterocycles. The molecule has 140 valence electrons. The molecule has 0 atom stereocenters. The fourth-order valence-electron chi connectivity index (χ4n) is 2.64. The van der Waals surface area contributed by atoms with Gasteiger partial charge in [0.1, 0.15) is 0 Å². The number of hydrogen-bond acceptors (Lipinski definition) is 6. The molecule has 10 heteroatoms. The molecule has 3 aromatic rings. The zero-order valence-electron chi connectivity index (χ0n) is 14.8. The second-order valence-electron chi connectivity index (χ2n) is 5.92. The summed E-state index contributed by atoms with van der Waals surface area (Å²) in [6.07, 6.45) is 0.0721. The molecule has 0 radical (unpaired) electrons. The summed E-state index contributed by atoms with van der Waals surface area (Å²) in [7, 11) is 0. The van der Waals surface area contributed by atoms with Crippen molar-refractivity contribution in [3.63, 3.8) is 0 Å². The van der Waals surface area contributed by atoms with Gasteiger partial charge in [-0.05, 0) is 41.9 Å². The summed E-state index contributed by atoms with van der Waals surface area (Å²) in [5.41, 5.74) is 8.36. The molecule has 2 amide bonds. The third kappa shape index (κ3) is 4.22. The Morgan fingerprint density at radius 3 is 2.67 bits per heavy atom. The molecule has 2 aromatic heterocycles. The van der Waals surface area contributed by atoms with E-state index in [1.807, 2.05) is 25.1 Å². The second kappa shape index (κ2) is 7.70. The van der Waals surface area contributed by atoms with Crippen molar-refractivity contribution in [1.82, 2.24) is 24.9 Å². The number of nitrogens with zero attached hydrogens (tertiary/aromatic N) is 4. The van der Waals surface area contributed by atoms with Crippen LogP contribution in [0.3, 0.4) is 0 Å². The van der Waals surface area contributed by atoms with Crippen LogP contribution in [0.4, 0.5) is 11.6 Å². The van der Waals surface area contributed by atoms with Crippen molar-refractivity contribution in [1.29, 1.82) is 0 Å². The third-order valence-electron chi connectivity index (χ3n) is 4.00. The predicted octanol–water partition coefficient (Wildman–Crippen LogP) is 1.38. The molecule has 0 bridgehead atoms. The van der Waals surface area contributed by atoms with Crippen molar-refractivity contribution >= 4 is 45.2 Å². The van der Waals surface area contributed by atoms with Crippen LogP contribution in [-0.2, 0) is 16.0 Å². The van der Waals surface area contributed by atoms with E-state index in [4.69, 9.17) is 5.73 Å². The molecular formula is C17H18BrN7O2. The van der Waals surface area contributed by atoms with E-state index in [0.717, 1.165) is 15.7 Å². The zero-order valence-corrected chi connectivity index (χ0v) is 16.4. The maximum Gasteiger partial charge on any atom is 0.254 e. The van der Waals surface area contributed by atoms with Crippen molar-refractivity contribution in [2.45, 2.75) is 20.3 Å². The summed E-state index contributed by atoms with van der Waals surface area (Å²) < 4.78 is 2.27. The fraction of sp³-hybridized carbons (Fsp3) is 0.235. The Kier molecular flexibility index (Phi) is 5.36. The molecule has 0 unspecified atom stereocenters. The van der Waals surface area contributed by atoms with Gasteiger partial charge in [0.05, 0.1) is 18.7 Å². The van der Waals surface area contributed by atoms with Gasteiger partial charge < -0.3 is 16.4 Å². The van der Waals surface area contributed by atoms with Crippen LogP contribution in [0.2, 0.25) is 0 Å². The first-order valence-electron chi connectivity index (χ1n) is 8.14. The van der Waals surface area contributed by atoms with Crippen LogP contribution < -0.4 is 16.4 Å². The number of nitrogen functional groups attached to an aromatic ring is 1. The quantitative estimate of drug-likeness (QED) is 0.559. The number of nitrogens with two attached hydrogens (primary N) is 1. The number of hydrogen-bond donors (Lipinski definition) is 3. The van der Waals surface area contributed by atoms with Crippen molar-refractivity contribution in [3.8, 4) is 0 Å². The van der Waals surface area contributed by atoms with E-state index in [9.17, 15) is 9.59 Å². The van der Waals surface area contributed by atoms with Crippen LogP contribution >= 0.6 is 15.9 Å². The average Bonchev–Trinajstić information content (AvgIpc) is 2.99. The van der Waals surface area contributed by atoms with E-state index in [2.05, 4.69) is 41.6 Å². The average molecular weight is 432 g/mol. The number of carbonyl (C=O) groups excluding carboxylic acids is 2. The Bertz CT molecular complexity index is 1030. The van der Waals surface area contributed by atoms with Gasteiger partial charge in [-0.1, -0.05) is 12.1 Å². The number of aromatic nitrogens is 4. The van der Waals surface area contributed by atoms with Gasteiger partial charge >= 0.3 is 0 Å². The fourth-order valence-corrected chi connectivity index (χ4v) is 3.02. The monoisotopic (exact) mass is 431 g/mol. The van der Waals surface area contributed by atoms with Crippen LogP contribution in [0.25, 0.3) is 5.78 Å². The normalized spacial score (nSPS) is 10.8. The predicted molar refractivity (Wildman–Crippen MR) is 104 cm³/mol. The van der Waals surface area contributed by atoms with Gasteiger partial charge in [0.2, 0.25) is 17.8 Å². The molecule has 0 saturated heterocycles. The molecule has 0 aliphatic heterocycles. The van der Waals surface area contributed by atoms with E-state index in [1.165, 1.54) is 4.52 Å². The van der Waals surface area contributed by atoms with Gasteiger partial charge in [0.15, 0.2) is 0 Å². The smallest absolute Gasteiger partial charge is 0.254 e. The SMILES string of the molecule is Cc1nc2nc(N)nn2c(C)c1CC(=O)NCC(=O)Nc1ccccc1Br. The number of anilines is 2. The lowest BCUT2D eigenvalue weighted by Crippen LogP contribution is -2.34. The van der Waals surface area contributed by atoms with Gasteiger partial charge in [-0.15, -0.1) is 5.10 Å². The molecule has 0 fully saturated rings. The lowest BCUT2D eigenvalue weighted by atomic mass is 10.1. The number of fused-ring (bicyclic) bond motifs is 1. The zero-order chi connectivity index (χ0) is 19.6. The molecule has 4 N–H and O–H groups in total. The molecule has 9 nitrogen and oxygen atoms in total. The Balaban J connectivity index is 1.63. The Labute approximate surface area is 163 Å². The molecular weight excluding hydrogens is 414 g/mol. The number of benzene rings is 1. The lowest BCUT2D eigenvalue weighted by molar-refractivity contribution is -0.123. The molecule has 0 aliphatic rings. The number of aryl methyl sites for hydroxylation is 2. The minimum atomic E-state index is -0.318. The molecule has 0 aliphatic carbocycles. The standard InChI is InChI=1S/C17H18BrN7O2/c1-9-11(10(2)25-17(21-9)23-16(19)24-25)7-14(26)20-8-15(27)22-13-6-4-3-5-12(13)18/h3-6H,7-8H2,1-2H3,(H2,19,24)(H,20,26)(H,22,27). The molecule has 0 spiro atoms. The number of halogens is 1. The van der Waals surface area contributed by atoms with Crippen LogP contribution in [0.15, 0.2) is 28.7 Å².